The molecule has 0 atom stereocenters. The highest BCUT2D eigenvalue weighted by Gasteiger charge is 2.27. The van der Waals surface area contributed by atoms with E-state index in [0.29, 0.717) is 19.6 Å². The van der Waals surface area contributed by atoms with Gasteiger partial charge in [-0.3, -0.25) is 0 Å². The van der Waals surface area contributed by atoms with Gasteiger partial charge in [-0.15, -0.1) is 0 Å². The number of hydrogen-bond donors (Lipinski definition) is 1. The third-order valence-corrected chi connectivity index (χ3v) is 5.13. The molecule has 1 aliphatic heterocycles. The minimum absolute atomic E-state index is 0.118. The molecule has 0 spiro atoms. The molecule has 1 saturated heterocycles. The van der Waals surface area contributed by atoms with E-state index in [1.807, 2.05) is 6.92 Å². The van der Waals surface area contributed by atoms with Gasteiger partial charge in [0.1, 0.15) is 0 Å². The summed E-state index contributed by atoms with van der Waals surface area (Å²) in [6.07, 6.45) is 2.29. The average Bonchev–Trinajstić information content (AvgIpc) is 2.35. The lowest BCUT2D eigenvalue weighted by Gasteiger charge is -2.30. The lowest BCUT2D eigenvalue weighted by atomic mass is 10.1. The Hall–Kier alpha value is -0.170. The van der Waals surface area contributed by atoms with E-state index in [1.54, 1.807) is 11.4 Å². The molecule has 1 N–H and O–H groups in total. The van der Waals surface area contributed by atoms with Crippen molar-refractivity contribution in [1.29, 1.82) is 0 Å². The summed E-state index contributed by atoms with van der Waals surface area (Å²) in [5.74, 6) is 0.230. The SMILES string of the molecule is CCNCCCS(=O)(=O)N(C)C1CCOCC1. The average molecular weight is 264 g/mol. The lowest BCUT2D eigenvalue weighted by molar-refractivity contribution is 0.0632. The summed E-state index contributed by atoms with van der Waals surface area (Å²) >= 11 is 0. The van der Waals surface area contributed by atoms with Gasteiger partial charge < -0.3 is 10.1 Å². The van der Waals surface area contributed by atoms with Crippen LogP contribution in [0.15, 0.2) is 0 Å². The van der Waals surface area contributed by atoms with Gasteiger partial charge in [0.15, 0.2) is 0 Å². The molecule has 1 aliphatic rings. The Morgan fingerprint density at radius 3 is 2.59 bits per heavy atom. The van der Waals surface area contributed by atoms with Gasteiger partial charge in [0, 0.05) is 26.3 Å². The van der Waals surface area contributed by atoms with Crippen LogP contribution in [0.25, 0.3) is 0 Å². The van der Waals surface area contributed by atoms with Crippen LogP contribution in [0.2, 0.25) is 0 Å². The van der Waals surface area contributed by atoms with E-state index in [-0.39, 0.29) is 11.8 Å². The van der Waals surface area contributed by atoms with E-state index in [1.165, 1.54) is 0 Å². The summed E-state index contributed by atoms with van der Waals surface area (Å²) in [5.41, 5.74) is 0. The quantitative estimate of drug-likeness (QED) is 0.677. The van der Waals surface area contributed by atoms with Crippen LogP contribution in [0.5, 0.6) is 0 Å². The second-order valence-electron chi connectivity index (χ2n) is 4.38. The second kappa shape index (κ2) is 7.31. The van der Waals surface area contributed by atoms with Gasteiger partial charge in [-0.1, -0.05) is 6.92 Å². The maximum absolute atomic E-state index is 12.1. The van der Waals surface area contributed by atoms with Crippen molar-refractivity contribution in [1.82, 2.24) is 9.62 Å². The molecule has 0 saturated carbocycles. The summed E-state index contributed by atoms with van der Waals surface area (Å²) in [5, 5.41) is 3.14. The molecule has 5 nitrogen and oxygen atoms in total. The zero-order valence-corrected chi connectivity index (χ0v) is 11.6. The Morgan fingerprint density at radius 1 is 1.35 bits per heavy atom. The minimum atomic E-state index is -3.10. The van der Waals surface area contributed by atoms with Crippen LogP contribution >= 0.6 is 0 Å². The third-order valence-electron chi connectivity index (χ3n) is 3.15. The molecule has 0 aliphatic carbocycles. The number of ether oxygens (including phenoxy) is 1. The smallest absolute Gasteiger partial charge is 0.214 e. The summed E-state index contributed by atoms with van der Waals surface area (Å²) in [6.45, 7) is 5.00. The van der Waals surface area contributed by atoms with Crippen molar-refractivity contribution in [2.75, 3.05) is 39.1 Å². The number of nitrogens with zero attached hydrogens (tertiary/aromatic N) is 1. The van der Waals surface area contributed by atoms with E-state index in [4.69, 9.17) is 4.74 Å². The number of hydrogen-bond acceptors (Lipinski definition) is 4. The fourth-order valence-corrected chi connectivity index (χ4v) is 3.44. The van der Waals surface area contributed by atoms with Crippen LogP contribution in [-0.4, -0.2) is 57.9 Å². The van der Waals surface area contributed by atoms with Gasteiger partial charge in [0.2, 0.25) is 10.0 Å². The molecule has 17 heavy (non-hydrogen) atoms. The molecule has 0 bridgehead atoms. The predicted molar refractivity (Wildman–Crippen MR) is 68.6 cm³/mol. The van der Waals surface area contributed by atoms with Crippen molar-refractivity contribution in [2.24, 2.45) is 0 Å². The van der Waals surface area contributed by atoms with Crippen LogP contribution in [-0.2, 0) is 14.8 Å². The Morgan fingerprint density at radius 2 is 2.00 bits per heavy atom. The number of rotatable bonds is 7. The first-order chi connectivity index (χ1) is 8.08. The summed E-state index contributed by atoms with van der Waals surface area (Å²) in [6, 6.07) is 0.118. The molecule has 0 aromatic heterocycles. The highest BCUT2D eigenvalue weighted by molar-refractivity contribution is 7.89. The normalized spacial score (nSPS) is 18.8. The van der Waals surface area contributed by atoms with Gasteiger partial charge in [-0.2, -0.15) is 0 Å². The largest absolute Gasteiger partial charge is 0.381 e. The first-order valence-corrected chi connectivity index (χ1v) is 7.93. The van der Waals surface area contributed by atoms with E-state index in [2.05, 4.69) is 5.32 Å². The Labute approximate surface area is 105 Å². The van der Waals surface area contributed by atoms with Gasteiger partial charge >= 0.3 is 0 Å². The molecule has 0 aromatic carbocycles. The molecule has 102 valence electrons. The van der Waals surface area contributed by atoms with E-state index < -0.39 is 10.0 Å². The highest BCUT2D eigenvalue weighted by atomic mass is 32.2. The monoisotopic (exact) mass is 264 g/mol. The van der Waals surface area contributed by atoms with Gasteiger partial charge in [0.05, 0.1) is 5.75 Å². The van der Waals surface area contributed by atoms with Crippen LogP contribution in [0.1, 0.15) is 26.2 Å². The van der Waals surface area contributed by atoms with E-state index in [0.717, 1.165) is 25.9 Å². The zero-order chi connectivity index (χ0) is 12.7. The number of nitrogens with one attached hydrogen (secondary N) is 1. The lowest BCUT2D eigenvalue weighted by Crippen LogP contribution is -2.42. The van der Waals surface area contributed by atoms with E-state index in [9.17, 15) is 8.42 Å². The van der Waals surface area contributed by atoms with E-state index >= 15 is 0 Å². The Kier molecular flexibility index (Phi) is 6.40. The van der Waals surface area contributed by atoms with Crippen LogP contribution in [0, 0.1) is 0 Å². The first kappa shape index (κ1) is 14.9. The molecular formula is C11H24N2O3S. The molecule has 1 fully saturated rings. The summed E-state index contributed by atoms with van der Waals surface area (Å²) in [4.78, 5) is 0. The second-order valence-corrected chi connectivity index (χ2v) is 6.53. The van der Waals surface area contributed by atoms with Crippen molar-refractivity contribution in [3.05, 3.63) is 0 Å². The van der Waals surface area contributed by atoms with Crippen LogP contribution in [0.4, 0.5) is 0 Å². The molecule has 0 amide bonds. The van der Waals surface area contributed by atoms with Crippen LogP contribution < -0.4 is 5.32 Å². The van der Waals surface area contributed by atoms with Crippen LogP contribution in [0.3, 0.4) is 0 Å². The molecule has 6 heteroatoms. The number of sulfonamides is 1. The standard InChI is InChI=1S/C11H24N2O3S/c1-3-12-7-4-10-17(14,15)13(2)11-5-8-16-9-6-11/h11-12H,3-10H2,1-2H3. The summed E-state index contributed by atoms with van der Waals surface area (Å²) < 4.78 is 30.9. The summed E-state index contributed by atoms with van der Waals surface area (Å²) in [7, 11) is -1.41. The van der Waals surface area contributed by atoms with Crippen molar-refractivity contribution < 1.29 is 13.2 Å². The third kappa shape index (κ3) is 4.91. The maximum Gasteiger partial charge on any atom is 0.214 e. The maximum atomic E-state index is 12.1. The fourth-order valence-electron chi connectivity index (χ4n) is 1.98. The van der Waals surface area contributed by atoms with Gasteiger partial charge in [0.25, 0.3) is 0 Å². The molecule has 1 rings (SSSR count). The van der Waals surface area contributed by atoms with Gasteiger partial charge in [-0.05, 0) is 32.4 Å². The molecule has 1 heterocycles. The zero-order valence-electron chi connectivity index (χ0n) is 10.8. The molecular weight excluding hydrogens is 240 g/mol. The fraction of sp³-hybridized carbons (Fsp3) is 1.00. The Bertz CT molecular complexity index is 300. The van der Waals surface area contributed by atoms with Crippen molar-refractivity contribution in [2.45, 2.75) is 32.2 Å². The van der Waals surface area contributed by atoms with Crippen molar-refractivity contribution >= 4 is 10.0 Å². The predicted octanol–water partition coefficient (Wildman–Crippen LogP) is 0.427. The minimum Gasteiger partial charge on any atom is -0.381 e. The van der Waals surface area contributed by atoms with Crippen molar-refractivity contribution in [3.8, 4) is 0 Å². The molecule has 0 radical (unpaired) electrons. The van der Waals surface area contributed by atoms with Crippen molar-refractivity contribution in [3.63, 3.8) is 0 Å². The highest BCUT2D eigenvalue weighted by Crippen LogP contribution is 2.16. The molecule has 0 aromatic rings. The Balaban J connectivity index is 2.39. The molecule has 0 unspecified atom stereocenters. The topological polar surface area (TPSA) is 58.6 Å². The first-order valence-electron chi connectivity index (χ1n) is 6.32. The van der Waals surface area contributed by atoms with Gasteiger partial charge in [-0.25, -0.2) is 12.7 Å².